The summed E-state index contributed by atoms with van der Waals surface area (Å²) in [5.41, 5.74) is -0.630. The molecule has 3 aromatic rings. The van der Waals surface area contributed by atoms with Gasteiger partial charge in [-0.15, -0.1) is 0 Å². The van der Waals surface area contributed by atoms with E-state index in [1.165, 1.54) is 0 Å². The van der Waals surface area contributed by atoms with Crippen molar-refractivity contribution in [2.45, 2.75) is 6.61 Å². The maximum absolute atomic E-state index is 14.5. The number of halogens is 4. The molecule has 1 aromatic heterocycles. The normalized spacial score (nSPS) is 10.9. The first kappa shape index (κ1) is 19.0. The molecule has 0 radical (unpaired) electrons. The molecule has 0 atom stereocenters. The van der Waals surface area contributed by atoms with Crippen molar-refractivity contribution in [3.63, 3.8) is 0 Å². The van der Waals surface area contributed by atoms with Crippen molar-refractivity contribution in [1.82, 2.24) is 4.57 Å². The lowest BCUT2D eigenvalue weighted by atomic mass is 10.2. The molecule has 27 heavy (non-hydrogen) atoms. The van der Waals surface area contributed by atoms with Gasteiger partial charge in [-0.25, -0.2) is 27.3 Å². The van der Waals surface area contributed by atoms with Crippen molar-refractivity contribution in [2.24, 2.45) is 0 Å². The van der Waals surface area contributed by atoms with Crippen LogP contribution in [0, 0.1) is 17.5 Å². The van der Waals surface area contributed by atoms with Crippen LogP contribution in [0.25, 0.3) is 10.9 Å². The Morgan fingerprint density at radius 1 is 1.07 bits per heavy atom. The topological polar surface area (TPSA) is 57.5 Å². The highest BCUT2D eigenvalue weighted by Gasteiger charge is 2.29. The summed E-state index contributed by atoms with van der Waals surface area (Å²) in [6, 6.07) is 9.46. The van der Waals surface area contributed by atoms with Gasteiger partial charge in [-0.2, -0.15) is 0 Å². The van der Waals surface area contributed by atoms with Crippen molar-refractivity contribution in [3.8, 4) is 0 Å². The van der Waals surface area contributed by atoms with Gasteiger partial charge in [0.15, 0.2) is 11.6 Å². The monoisotopic (exact) mass is 441 g/mol. The highest BCUT2D eigenvalue weighted by Crippen LogP contribution is 2.33. The molecule has 0 aliphatic heterocycles. The molecule has 0 spiro atoms. The Morgan fingerprint density at radius 2 is 1.74 bits per heavy atom. The first-order valence-corrected chi connectivity index (χ1v) is 8.32. The number of nitrogens with zero attached hydrogens (tertiary/aromatic N) is 1. The molecule has 0 saturated carbocycles. The third-order valence-corrected chi connectivity index (χ3v) is 4.50. The molecule has 2 aromatic carbocycles. The van der Waals surface area contributed by atoms with E-state index >= 15 is 0 Å². The number of carbonyl (C=O) groups is 2. The summed E-state index contributed by atoms with van der Waals surface area (Å²) in [6.07, 6.45) is -1.19. The van der Waals surface area contributed by atoms with Crippen molar-refractivity contribution in [1.29, 1.82) is 0 Å². The van der Waals surface area contributed by atoms with Crippen LogP contribution in [0.2, 0.25) is 0 Å². The van der Waals surface area contributed by atoms with E-state index in [0.717, 1.165) is 13.2 Å². The zero-order chi connectivity index (χ0) is 19.7. The molecule has 0 aliphatic carbocycles. The number of fused-ring (bicyclic) bond motifs is 1. The van der Waals surface area contributed by atoms with E-state index in [1.807, 2.05) is 0 Å². The van der Waals surface area contributed by atoms with Gasteiger partial charge in [0.05, 0.1) is 11.6 Å². The maximum Gasteiger partial charge on any atom is 0.419 e. The number of rotatable bonds is 3. The number of hydrogen-bond donors (Lipinski definition) is 0. The standard InChI is InChI=1S/C18H11BrF3NO4/c1-26-17(24)11-7-10-13(20)12(19)14(21)15(22)16(10)23(11)18(25)27-8-9-5-3-2-4-6-9/h2-7H,8H2,1H3. The number of methoxy groups -OCH3 is 1. The van der Waals surface area contributed by atoms with Crippen molar-refractivity contribution < 1.29 is 32.2 Å². The minimum Gasteiger partial charge on any atom is -0.464 e. The van der Waals surface area contributed by atoms with E-state index in [9.17, 15) is 22.8 Å². The number of hydrogen-bond acceptors (Lipinski definition) is 4. The van der Waals surface area contributed by atoms with Crippen molar-refractivity contribution in [3.05, 3.63) is 69.6 Å². The second-order valence-electron chi connectivity index (χ2n) is 5.41. The molecule has 1 heterocycles. The molecule has 0 aliphatic rings. The molecule has 0 fully saturated rings. The van der Waals surface area contributed by atoms with Crippen LogP contribution >= 0.6 is 15.9 Å². The average molecular weight is 442 g/mol. The largest absolute Gasteiger partial charge is 0.464 e. The lowest BCUT2D eigenvalue weighted by Crippen LogP contribution is -2.20. The Balaban J connectivity index is 2.14. The average Bonchev–Trinajstić information content (AvgIpc) is 3.10. The Morgan fingerprint density at radius 3 is 2.37 bits per heavy atom. The van der Waals surface area contributed by atoms with Crippen LogP contribution in [0.5, 0.6) is 0 Å². The molecule has 0 bridgehead atoms. The lowest BCUT2D eigenvalue weighted by Gasteiger charge is -2.10. The summed E-state index contributed by atoms with van der Waals surface area (Å²) in [7, 11) is 1.03. The van der Waals surface area contributed by atoms with E-state index in [1.54, 1.807) is 30.3 Å². The second-order valence-corrected chi connectivity index (χ2v) is 6.21. The molecule has 0 amide bonds. The fraction of sp³-hybridized carbons (Fsp3) is 0.111. The highest BCUT2D eigenvalue weighted by molar-refractivity contribution is 9.10. The molecular weight excluding hydrogens is 431 g/mol. The summed E-state index contributed by atoms with van der Waals surface area (Å²) in [5.74, 6) is -5.25. The van der Waals surface area contributed by atoms with Gasteiger partial charge < -0.3 is 9.47 Å². The predicted molar refractivity (Wildman–Crippen MR) is 92.9 cm³/mol. The number of benzene rings is 2. The Hall–Kier alpha value is -2.81. The van der Waals surface area contributed by atoms with Crippen molar-refractivity contribution >= 4 is 38.9 Å². The van der Waals surface area contributed by atoms with Crippen LogP contribution in [0.1, 0.15) is 16.1 Å². The van der Waals surface area contributed by atoms with E-state index in [-0.39, 0.29) is 6.61 Å². The van der Waals surface area contributed by atoms with Crippen LogP contribution in [-0.4, -0.2) is 23.7 Å². The van der Waals surface area contributed by atoms with Gasteiger partial charge >= 0.3 is 12.1 Å². The van der Waals surface area contributed by atoms with Gasteiger partial charge in [0.2, 0.25) is 0 Å². The van der Waals surface area contributed by atoms with Gasteiger partial charge in [-0.1, -0.05) is 30.3 Å². The summed E-state index contributed by atoms with van der Waals surface area (Å²) < 4.78 is 52.1. The Kier molecular flexibility index (Phi) is 5.22. The molecule has 0 unspecified atom stereocenters. The van der Waals surface area contributed by atoms with Gasteiger partial charge in [0.25, 0.3) is 0 Å². The van der Waals surface area contributed by atoms with E-state index < -0.39 is 50.6 Å². The number of esters is 1. The predicted octanol–water partition coefficient (Wildman–Crippen LogP) is 4.79. The maximum atomic E-state index is 14.5. The van der Waals surface area contributed by atoms with Gasteiger partial charge in [0, 0.05) is 5.39 Å². The van der Waals surface area contributed by atoms with Gasteiger partial charge in [-0.05, 0) is 27.6 Å². The minimum absolute atomic E-state index is 0.191. The zero-order valence-corrected chi connectivity index (χ0v) is 15.3. The quantitative estimate of drug-likeness (QED) is 0.333. The molecule has 5 nitrogen and oxygen atoms in total. The lowest BCUT2D eigenvalue weighted by molar-refractivity contribution is 0.0585. The number of ether oxygens (including phenoxy) is 2. The van der Waals surface area contributed by atoms with Gasteiger partial charge in [-0.3, -0.25) is 0 Å². The summed E-state index contributed by atoms with van der Waals surface area (Å²) >= 11 is 2.61. The van der Waals surface area contributed by atoms with Crippen LogP contribution in [0.15, 0.2) is 40.9 Å². The molecule has 140 valence electrons. The van der Waals surface area contributed by atoms with Crippen LogP contribution in [0.3, 0.4) is 0 Å². The summed E-state index contributed by atoms with van der Waals surface area (Å²) in [5, 5.41) is -0.474. The second kappa shape index (κ2) is 7.43. The third-order valence-electron chi connectivity index (χ3n) is 3.81. The smallest absolute Gasteiger partial charge is 0.419 e. The molecule has 3 rings (SSSR count). The highest BCUT2D eigenvalue weighted by atomic mass is 79.9. The summed E-state index contributed by atoms with van der Waals surface area (Å²) in [4.78, 5) is 24.5. The molecule has 0 N–H and O–H groups in total. The summed E-state index contributed by atoms with van der Waals surface area (Å²) in [6.45, 7) is -0.191. The first-order valence-electron chi connectivity index (χ1n) is 7.53. The molecule has 0 saturated heterocycles. The SMILES string of the molecule is COC(=O)c1cc2c(F)c(Br)c(F)c(F)c2n1C(=O)OCc1ccccc1. The minimum atomic E-state index is -1.54. The fourth-order valence-corrected chi connectivity index (χ4v) is 2.93. The first-order chi connectivity index (χ1) is 12.9. The van der Waals surface area contributed by atoms with E-state index in [0.29, 0.717) is 10.1 Å². The van der Waals surface area contributed by atoms with Crippen molar-refractivity contribution in [2.75, 3.05) is 7.11 Å². The third kappa shape index (κ3) is 3.30. The molecular formula is C18H11BrF3NO4. The van der Waals surface area contributed by atoms with E-state index in [4.69, 9.17) is 4.74 Å². The van der Waals surface area contributed by atoms with Gasteiger partial charge in [0.1, 0.15) is 23.6 Å². The Bertz CT molecular complexity index is 1050. The molecule has 9 heteroatoms. The number of aromatic nitrogens is 1. The zero-order valence-electron chi connectivity index (χ0n) is 13.8. The van der Waals surface area contributed by atoms with Crippen LogP contribution < -0.4 is 0 Å². The van der Waals surface area contributed by atoms with Crippen LogP contribution in [0.4, 0.5) is 18.0 Å². The van der Waals surface area contributed by atoms with E-state index in [2.05, 4.69) is 20.7 Å². The Labute approximate surface area is 159 Å². The number of carbonyl (C=O) groups excluding carboxylic acids is 2. The van der Waals surface area contributed by atoms with Crippen LogP contribution in [-0.2, 0) is 16.1 Å². The fourth-order valence-electron chi connectivity index (χ4n) is 2.54.